The lowest BCUT2D eigenvalue weighted by atomic mass is 9.88. The molecule has 0 unspecified atom stereocenters. The van der Waals surface area contributed by atoms with Crippen molar-refractivity contribution in [1.29, 1.82) is 0 Å². The first kappa shape index (κ1) is 19.2. The minimum atomic E-state index is -0.149. The smallest absolute Gasteiger partial charge is 0.257 e. The van der Waals surface area contributed by atoms with Gasteiger partial charge in [-0.25, -0.2) is 0 Å². The molecule has 0 saturated carbocycles. The first-order valence-corrected chi connectivity index (χ1v) is 11.0. The van der Waals surface area contributed by atoms with Crippen LogP contribution in [-0.2, 0) is 12.8 Å². The Morgan fingerprint density at radius 3 is 2.61 bits per heavy atom. The van der Waals surface area contributed by atoms with E-state index in [1.807, 2.05) is 23.1 Å². The molecule has 5 nitrogen and oxygen atoms in total. The molecule has 6 heteroatoms. The van der Waals surface area contributed by atoms with Crippen LogP contribution in [0.5, 0.6) is 0 Å². The summed E-state index contributed by atoms with van der Waals surface area (Å²) in [6.07, 6.45) is 3.02. The van der Waals surface area contributed by atoms with Crippen LogP contribution in [0.1, 0.15) is 44.5 Å². The molecule has 0 radical (unpaired) electrons. The molecular weight excluding hydrogens is 370 g/mol. The molecule has 1 aromatic carbocycles. The second-order valence-electron chi connectivity index (χ2n) is 8.13. The molecule has 4 rings (SSSR count). The summed E-state index contributed by atoms with van der Waals surface area (Å²) in [6.45, 7) is 5.76. The molecule has 2 N–H and O–H groups in total. The number of carbonyl (C=O) groups excluding carboxylic acids is 2. The van der Waals surface area contributed by atoms with Crippen molar-refractivity contribution in [3.8, 4) is 0 Å². The van der Waals surface area contributed by atoms with Crippen molar-refractivity contribution in [3.05, 3.63) is 51.9 Å². The molecule has 0 spiro atoms. The van der Waals surface area contributed by atoms with E-state index in [2.05, 4.69) is 19.3 Å². The largest absolute Gasteiger partial charge is 0.334 e. The average Bonchev–Trinajstić information content (AvgIpc) is 3.05. The van der Waals surface area contributed by atoms with E-state index in [1.165, 1.54) is 15.3 Å². The zero-order valence-corrected chi connectivity index (χ0v) is 17.4. The lowest BCUT2D eigenvalue weighted by molar-refractivity contribution is -0.883. The summed E-state index contributed by atoms with van der Waals surface area (Å²) in [7, 11) is 2.17. The summed E-state index contributed by atoms with van der Waals surface area (Å²) < 4.78 is 0. The van der Waals surface area contributed by atoms with Crippen LogP contribution in [0.4, 0.5) is 5.00 Å². The molecule has 28 heavy (non-hydrogen) atoms. The summed E-state index contributed by atoms with van der Waals surface area (Å²) in [5.41, 5.74) is 2.53. The van der Waals surface area contributed by atoms with E-state index in [9.17, 15) is 9.59 Å². The van der Waals surface area contributed by atoms with Crippen molar-refractivity contribution in [1.82, 2.24) is 4.90 Å². The number of rotatable bonds is 3. The van der Waals surface area contributed by atoms with Crippen molar-refractivity contribution >= 4 is 28.2 Å². The number of fused-ring (bicyclic) bond motifs is 1. The van der Waals surface area contributed by atoms with Gasteiger partial charge in [0, 0.05) is 10.4 Å². The number of carbonyl (C=O) groups is 2. The molecule has 1 aliphatic heterocycles. The molecule has 1 saturated heterocycles. The van der Waals surface area contributed by atoms with Gasteiger partial charge in [-0.2, -0.15) is 0 Å². The maximum absolute atomic E-state index is 13.4. The number of nitrogens with one attached hydrogen (secondary N) is 2. The van der Waals surface area contributed by atoms with E-state index < -0.39 is 0 Å². The molecule has 1 fully saturated rings. The SMILES string of the molecule is C[C@H]1CCc2c(sc(NC(=O)c3ccccc3)c2C(=O)N2CC[NH+](C)CC2)C1. The van der Waals surface area contributed by atoms with Crippen molar-refractivity contribution in [3.63, 3.8) is 0 Å². The second kappa shape index (κ2) is 8.05. The molecule has 1 aromatic heterocycles. The maximum atomic E-state index is 13.4. The van der Waals surface area contributed by atoms with Crippen LogP contribution in [0.25, 0.3) is 0 Å². The maximum Gasteiger partial charge on any atom is 0.257 e. The van der Waals surface area contributed by atoms with E-state index in [-0.39, 0.29) is 11.8 Å². The first-order valence-electron chi connectivity index (χ1n) is 10.1. The number of piperazine rings is 1. The molecule has 1 aliphatic carbocycles. The third-order valence-corrected chi connectivity index (χ3v) is 7.06. The first-order chi connectivity index (χ1) is 13.5. The number of nitrogens with zero attached hydrogens (tertiary/aromatic N) is 1. The van der Waals surface area contributed by atoms with Gasteiger partial charge in [0.1, 0.15) is 5.00 Å². The predicted molar refractivity (Wildman–Crippen MR) is 112 cm³/mol. The van der Waals surface area contributed by atoms with Gasteiger partial charge >= 0.3 is 0 Å². The van der Waals surface area contributed by atoms with Gasteiger partial charge in [0.2, 0.25) is 0 Å². The van der Waals surface area contributed by atoms with Gasteiger partial charge in [-0.05, 0) is 42.9 Å². The number of likely N-dealkylation sites (N-methyl/N-ethyl adjacent to an activating group) is 1. The highest BCUT2D eigenvalue weighted by Gasteiger charge is 2.32. The Bertz CT molecular complexity index is 869. The van der Waals surface area contributed by atoms with Gasteiger partial charge in [-0.1, -0.05) is 25.1 Å². The fourth-order valence-corrected chi connectivity index (χ4v) is 5.48. The fraction of sp³-hybridized carbons (Fsp3) is 0.455. The highest BCUT2D eigenvalue weighted by atomic mass is 32.1. The number of hydrogen-bond donors (Lipinski definition) is 2. The summed E-state index contributed by atoms with van der Waals surface area (Å²) in [5, 5.41) is 3.78. The lowest BCUT2D eigenvalue weighted by Gasteiger charge is -2.30. The minimum Gasteiger partial charge on any atom is -0.334 e. The van der Waals surface area contributed by atoms with E-state index in [0.29, 0.717) is 11.5 Å². The second-order valence-corrected chi connectivity index (χ2v) is 9.23. The fourth-order valence-electron chi connectivity index (χ4n) is 4.08. The Balaban J connectivity index is 1.65. The van der Waals surface area contributed by atoms with Crippen LogP contribution in [0.2, 0.25) is 0 Å². The highest BCUT2D eigenvalue weighted by Crippen LogP contribution is 2.40. The highest BCUT2D eigenvalue weighted by molar-refractivity contribution is 7.17. The number of thiophene rings is 1. The van der Waals surface area contributed by atoms with Crippen LogP contribution in [0, 0.1) is 5.92 Å². The molecule has 2 amide bonds. The van der Waals surface area contributed by atoms with Gasteiger partial charge in [0.25, 0.3) is 11.8 Å². The van der Waals surface area contributed by atoms with Gasteiger partial charge in [0.15, 0.2) is 0 Å². The Morgan fingerprint density at radius 2 is 1.89 bits per heavy atom. The lowest BCUT2D eigenvalue weighted by Crippen LogP contribution is -3.12. The number of anilines is 1. The average molecular weight is 399 g/mol. The molecule has 1 atom stereocenters. The van der Waals surface area contributed by atoms with Crippen LogP contribution >= 0.6 is 11.3 Å². The molecule has 2 heterocycles. The van der Waals surface area contributed by atoms with Crippen molar-refractivity contribution < 1.29 is 14.5 Å². The zero-order chi connectivity index (χ0) is 19.7. The predicted octanol–water partition coefficient (Wildman–Crippen LogP) is 2.10. The topological polar surface area (TPSA) is 53.9 Å². The quantitative estimate of drug-likeness (QED) is 0.832. The third-order valence-electron chi connectivity index (χ3n) is 5.89. The number of amides is 2. The number of benzene rings is 1. The minimum absolute atomic E-state index is 0.0860. The van der Waals surface area contributed by atoms with Gasteiger partial charge < -0.3 is 15.1 Å². The summed E-state index contributed by atoms with van der Waals surface area (Å²) in [5.74, 6) is 0.561. The molecule has 2 aromatic rings. The molecular formula is C22H28N3O2S+. The van der Waals surface area contributed by atoms with Crippen LogP contribution in [0.15, 0.2) is 30.3 Å². The zero-order valence-electron chi connectivity index (χ0n) is 16.6. The Morgan fingerprint density at radius 1 is 1.18 bits per heavy atom. The van der Waals surface area contributed by atoms with Crippen LogP contribution in [0.3, 0.4) is 0 Å². The molecule has 2 aliphatic rings. The normalized spacial score (nSPS) is 19.9. The van der Waals surface area contributed by atoms with Crippen molar-refractivity contribution in [2.24, 2.45) is 5.92 Å². The third kappa shape index (κ3) is 3.84. The van der Waals surface area contributed by atoms with Gasteiger partial charge in [-0.3, -0.25) is 9.59 Å². The van der Waals surface area contributed by atoms with Gasteiger partial charge in [0.05, 0.1) is 38.8 Å². The Labute approximate surface area is 170 Å². The summed E-state index contributed by atoms with van der Waals surface area (Å²) in [6, 6.07) is 9.21. The van der Waals surface area contributed by atoms with Crippen LogP contribution < -0.4 is 10.2 Å². The van der Waals surface area contributed by atoms with E-state index >= 15 is 0 Å². The van der Waals surface area contributed by atoms with Gasteiger partial charge in [-0.15, -0.1) is 11.3 Å². The Kier molecular flexibility index (Phi) is 5.51. The standard InChI is InChI=1S/C22H27N3O2S/c1-15-8-9-17-18(14-15)28-21(23-20(26)16-6-4-3-5-7-16)19(17)22(27)25-12-10-24(2)11-13-25/h3-7,15H,8-14H2,1-2H3,(H,23,26)/p+1/t15-/m0/s1. The van der Waals surface area contributed by atoms with E-state index in [0.717, 1.165) is 56.0 Å². The van der Waals surface area contributed by atoms with E-state index in [4.69, 9.17) is 0 Å². The van der Waals surface area contributed by atoms with Crippen molar-refractivity contribution in [2.75, 3.05) is 38.5 Å². The summed E-state index contributed by atoms with van der Waals surface area (Å²) >= 11 is 1.60. The summed E-state index contributed by atoms with van der Waals surface area (Å²) in [4.78, 5) is 30.9. The number of quaternary nitrogens is 1. The van der Waals surface area contributed by atoms with Crippen molar-refractivity contribution in [2.45, 2.75) is 26.2 Å². The van der Waals surface area contributed by atoms with Crippen LogP contribution in [-0.4, -0.2) is 49.9 Å². The molecule has 148 valence electrons. The molecule has 0 bridgehead atoms. The van der Waals surface area contributed by atoms with E-state index in [1.54, 1.807) is 23.5 Å². The Hall–Kier alpha value is -2.18. The number of hydrogen-bond acceptors (Lipinski definition) is 3. The monoisotopic (exact) mass is 398 g/mol.